The maximum Gasteiger partial charge on any atom is 0.256 e. The molecular weight excluding hydrogens is 224 g/mol. The Morgan fingerprint density at radius 1 is 1.17 bits per heavy atom. The molecule has 3 heteroatoms. The predicted octanol–water partition coefficient (Wildman–Crippen LogP) is 2.57. The molecule has 1 atom stereocenters. The summed E-state index contributed by atoms with van der Waals surface area (Å²) in [6.07, 6.45) is 1.74. The van der Waals surface area contributed by atoms with Crippen LogP contribution >= 0.6 is 0 Å². The SMILES string of the molecule is Cc1ccc(C2c3ncccc3C(=O)N2C)cc1. The summed E-state index contributed by atoms with van der Waals surface area (Å²) in [7, 11) is 1.83. The van der Waals surface area contributed by atoms with E-state index in [-0.39, 0.29) is 11.9 Å². The molecule has 0 aliphatic carbocycles. The van der Waals surface area contributed by atoms with Crippen LogP contribution < -0.4 is 0 Å². The number of nitrogens with zero attached hydrogens (tertiary/aromatic N) is 2. The smallest absolute Gasteiger partial charge is 0.256 e. The van der Waals surface area contributed by atoms with Crippen LogP contribution in [0.15, 0.2) is 42.6 Å². The van der Waals surface area contributed by atoms with Crippen LogP contribution in [0.4, 0.5) is 0 Å². The topological polar surface area (TPSA) is 33.2 Å². The fourth-order valence-electron chi connectivity index (χ4n) is 2.44. The number of carbonyl (C=O) groups is 1. The Hall–Kier alpha value is -2.16. The highest BCUT2D eigenvalue weighted by Crippen LogP contribution is 2.35. The molecule has 3 nitrogen and oxygen atoms in total. The third kappa shape index (κ3) is 1.51. The van der Waals surface area contributed by atoms with E-state index in [0.717, 1.165) is 11.3 Å². The van der Waals surface area contributed by atoms with Crippen molar-refractivity contribution in [3.8, 4) is 0 Å². The van der Waals surface area contributed by atoms with Gasteiger partial charge in [0.2, 0.25) is 0 Å². The maximum absolute atomic E-state index is 12.1. The van der Waals surface area contributed by atoms with Crippen LogP contribution in [-0.2, 0) is 0 Å². The minimum atomic E-state index is -0.0608. The van der Waals surface area contributed by atoms with Crippen LogP contribution in [0.2, 0.25) is 0 Å². The van der Waals surface area contributed by atoms with Gasteiger partial charge in [-0.3, -0.25) is 9.78 Å². The molecule has 2 aromatic rings. The average Bonchev–Trinajstić information content (AvgIpc) is 2.64. The van der Waals surface area contributed by atoms with Crippen LogP contribution in [0.3, 0.4) is 0 Å². The van der Waals surface area contributed by atoms with Gasteiger partial charge in [0.15, 0.2) is 0 Å². The summed E-state index contributed by atoms with van der Waals surface area (Å²) < 4.78 is 0. The lowest BCUT2D eigenvalue weighted by Gasteiger charge is -2.20. The number of carbonyl (C=O) groups excluding carboxylic acids is 1. The first-order valence-corrected chi connectivity index (χ1v) is 5.97. The lowest BCUT2D eigenvalue weighted by Crippen LogP contribution is -2.23. The molecule has 2 heterocycles. The van der Waals surface area contributed by atoms with Gasteiger partial charge in [0.05, 0.1) is 11.3 Å². The molecular formula is C15H14N2O. The molecule has 0 fully saturated rings. The number of aromatic nitrogens is 1. The van der Waals surface area contributed by atoms with Gasteiger partial charge < -0.3 is 4.90 Å². The van der Waals surface area contributed by atoms with Crippen molar-refractivity contribution >= 4 is 5.91 Å². The van der Waals surface area contributed by atoms with Crippen LogP contribution in [0, 0.1) is 6.92 Å². The van der Waals surface area contributed by atoms with Crippen LogP contribution in [0.25, 0.3) is 0 Å². The summed E-state index contributed by atoms with van der Waals surface area (Å²) in [6.45, 7) is 2.06. The molecule has 0 radical (unpaired) electrons. The molecule has 90 valence electrons. The lowest BCUT2D eigenvalue weighted by molar-refractivity contribution is 0.0793. The Morgan fingerprint density at radius 2 is 1.89 bits per heavy atom. The van der Waals surface area contributed by atoms with Gasteiger partial charge in [0.1, 0.15) is 6.04 Å². The first-order chi connectivity index (χ1) is 8.68. The van der Waals surface area contributed by atoms with E-state index in [1.165, 1.54) is 5.56 Å². The van der Waals surface area contributed by atoms with Gasteiger partial charge in [-0.25, -0.2) is 0 Å². The lowest BCUT2D eigenvalue weighted by atomic mass is 10.0. The zero-order chi connectivity index (χ0) is 12.7. The zero-order valence-electron chi connectivity index (χ0n) is 10.4. The largest absolute Gasteiger partial charge is 0.329 e. The van der Waals surface area contributed by atoms with Crippen molar-refractivity contribution < 1.29 is 4.79 Å². The Morgan fingerprint density at radius 3 is 2.61 bits per heavy atom. The number of fused-ring (bicyclic) bond motifs is 1. The van der Waals surface area contributed by atoms with Crippen molar-refractivity contribution in [3.05, 3.63) is 65.0 Å². The summed E-state index contributed by atoms with van der Waals surface area (Å²) >= 11 is 0. The van der Waals surface area contributed by atoms with Crippen molar-refractivity contribution in [2.75, 3.05) is 7.05 Å². The minimum Gasteiger partial charge on any atom is -0.329 e. The average molecular weight is 238 g/mol. The Labute approximate surface area is 106 Å². The highest BCUT2D eigenvalue weighted by Gasteiger charge is 2.36. The maximum atomic E-state index is 12.1. The first kappa shape index (κ1) is 11.0. The molecule has 1 aromatic heterocycles. The summed E-state index contributed by atoms with van der Waals surface area (Å²) in [5.41, 5.74) is 3.89. The Kier molecular flexibility index (Phi) is 2.40. The number of rotatable bonds is 1. The number of benzene rings is 1. The van der Waals surface area contributed by atoms with Crippen LogP contribution in [-0.4, -0.2) is 22.8 Å². The summed E-state index contributed by atoms with van der Waals surface area (Å²) in [5.74, 6) is 0.0451. The fourth-order valence-corrected chi connectivity index (χ4v) is 2.44. The Bertz CT molecular complexity index is 604. The van der Waals surface area contributed by atoms with Crippen molar-refractivity contribution in [1.82, 2.24) is 9.88 Å². The van der Waals surface area contributed by atoms with Gasteiger partial charge >= 0.3 is 0 Å². The number of pyridine rings is 1. The predicted molar refractivity (Wildman–Crippen MR) is 69.4 cm³/mol. The number of aryl methyl sites for hydroxylation is 1. The Balaban J connectivity index is 2.13. The first-order valence-electron chi connectivity index (χ1n) is 5.97. The molecule has 1 aromatic carbocycles. The van der Waals surface area contributed by atoms with Crippen molar-refractivity contribution in [1.29, 1.82) is 0 Å². The minimum absolute atomic E-state index is 0.0451. The third-order valence-electron chi connectivity index (χ3n) is 3.43. The molecule has 1 amide bonds. The molecule has 18 heavy (non-hydrogen) atoms. The standard InChI is InChI=1S/C15H14N2O/c1-10-5-7-11(8-6-10)14-13-12(4-3-9-16-13)15(18)17(14)2/h3-9,14H,1-2H3. The fraction of sp³-hybridized carbons (Fsp3) is 0.200. The molecule has 0 saturated heterocycles. The number of hydrogen-bond donors (Lipinski definition) is 0. The van der Waals surface area contributed by atoms with E-state index in [0.29, 0.717) is 5.56 Å². The highest BCUT2D eigenvalue weighted by atomic mass is 16.2. The van der Waals surface area contributed by atoms with Gasteiger partial charge in [-0.15, -0.1) is 0 Å². The van der Waals surface area contributed by atoms with E-state index < -0.39 is 0 Å². The van der Waals surface area contributed by atoms with E-state index >= 15 is 0 Å². The molecule has 0 N–H and O–H groups in total. The van der Waals surface area contributed by atoms with E-state index in [4.69, 9.17) is 0 Å². The normalized spacial score (nSPS) is 18.0. The van der Waals surface area contributed by atoms with Crippen LogP contribution in [0.5, 0.6) is 0 Å². The summed E-state index contributed by atoms with van der Waals surface area (Å²) in [6, 6.07) is 11.8. The quantitative estimate of drug-likeness (QED) is 0.765. The van der Waals surface area contributed by atoms with Gasteiger partial charge in [0.25, 0.3) is 5.91 Å². The third-order valence-corrected chi connectivity index (χ3v) is 3.43. The zero-order valence-corrected chi connectivity index (χ0v) is 10.4. The van der Waals surface area contributed by atoms with Crippen molar-refractivity contribution in [2.24, 2.45) is 0 Å². The molecule has 3 rings (SSSR count). The summed E-state index contributed by atoms with van der Waals surface area (Å²) in [4.78, 5) is 18.3. The molecule has 0 spiro atoms. The van der Waals surface area contributed by atoms with E-state index in [2.05, 4.69) is 36.2 Å². The number of hydrogen-bond acceptors (Lipinski definition) is 2. The molecule has 0 bridgehead atoms. The van der Waals surface area contributed by atoms with Gasteiger partial charge in [-0.2, -0.15) is 0 Å². The van der Waals surface area contributed by atoms with Crippen molar-refractivity contribution in [3.63, 3.8) is 0 Å². The van der Waals surface area contributed by atoms with Crippen molar-refractivity contribution in [2.45, 2.75) is 13.0 Å². The number of amides is 1. The van der Waals surface area contributed by atoms with Crippen LogP contribution in [0.1, 0.15) is 33.2 Å². The van der Waals surface area contributed by atoms with Gasteiger partial charge in [0, 0.05) is 13.2 Å². The van der Waals surface area contributed by atoms with E-state index in [1.807, 2.05) is 19.2 Å². The highest BCUT2D eigenvalue weighted by molar-refractivity contribution is 5.98. The van der Waals surface area contributed by atoms with E-state index in [1.54, 1.807) is 11.1 Å². The summed E-state index contributed by atoms with van der Waals surface area (Å²) in [5, 5.41) is 0. The molecule has 0 saturated carbocycles. The second kappa shape index (κ2) is 3.95. The molecule has 1 unspecified atom stereocenters. The molecule has 1 aliphatic heterocycles. The van der Waals surface area contributed by atoms with Gasteiger partial charge in [-0.05, 0) is 24.6 Å². The monoisotopic (exact) mass is 238 g/mol. The molecule has 1 aliphatic rings. The second-order valence-electron chi connectivity index (χ2n) is 4.67. The second-order valence-corrected chi connectivity index (χ2v) is 4.67. The van der Waals surface area contributed by atoms with E-state index in [9.17, 15) is 4.79 Å². The van der Waals surface area contributed by atoms with Gasteiger partial charge in [-0.1, -0.05) is 29.8 Å².